The van der Waals surface area contributed by atoms with Crippen LogP contribution in [0, 0.1) is 11.3 Å². The van der Waals surface area contributed by atoms with E-state index >= 15 is 0 Å². The Morgan fingerprint density at radius 2 is 2.06 bits per heavy atom. The molecule has 0 aromatic carbocycles. The van der Waals surface area contributed by atoms with Crippen LogP contribution in [0.15, 0.2) is 21.2 Å². The van der Waals surface area contributed by atoms with Crippen molar-refractivity contribution in [1.29, 1.82) is 0 Å². The quantitative estimate of drug-likeness (QED) is 0.835. The Morgan fingerprint density at radius 1 is 1.39 bits per heavy atom. The fourth-order valence-corrected chi connectivity index (χ4v) is 4.16. The summed E-state index contributed by atoms with van der Waals surface area (Å²) >= 11 is 3.61. The second kappa shape index (κ2) is 5.79. The average Bonchev–Trinajstić information content (AvgIpc) is 2.90. The first-order valence-electron chi connectivity index (χ1n) is 6.99. The highest BCUT2D eigenvalue weighted by atomic mass is 79.9. The number of hydrogen-bond acceptors (Lipinski definition) is 2. The summed E-state index contributed by atoms with van der Waals surface area (Å²) in [5.41, 5.74) is 0.364. The molecular weight excluding hydrogens is 290 g/mol. The predicted octanol–water partition coefficient (Wildman–Crippen LogP) is 4.91. The van der Waals surface area contributed by atoms with Crippen LogP contribution in [-0.2, 0) is 0 Å². The van der Waals surface area contributed by atoms with Crippen molar-refractivity contribution in [1.82, 2.24) is 5.32 Å². The molecule has 1 aliphatic rings. The van der Waals surface area contributed by atoms with Gasteiger partial charge in [-0.1, -0.05) is 26.7 Å². The number of hydrogen-bond donors (Lipinski definition) is 1. The molecule has 1 aliphatic carbocycles. The molecule has 1 aromatic heterocycles. The maximum Gasteiger partial charge on any atom is 0.135 e. The summed E-state index contributed by atoms with van der Waals surface area (Å²) in [6.45, 7) is 4.65. The molecule has 1 aromatic rings. The highest BCUT2D eigenvalue weighted by molar-refractivity contribution is 9.10. The van der Waals surface area contributed by atoms with Gasteiger partial charge in [0, 0.05) is 0 Å². The zero-order valence-electron chi connectivity index (χ0n) is 11.6. The van der Waals surface area contributed by atoms with Crippen LogP contribution < -0.4 is 5.32 Å². The van der Waals surface area contributed by atoms with Crippen molar-refractivity contribution >= 4 is 15.9 Å². The third kappa shape index (κ3) is 2.67. The van der Waals surface area contributed by atoms with Gasteiger partial charge in [0.1, 0.15) is 5.76 Å². The van der Waals surface area contributed by atoms with Crippen molar-refractivity contribution in [3.05, 3.63) is 22.6 Å². The Hall–Kier alpha value is -0.280. The zero-order valence-corrected chi connectivity index (χ0v) is 13.2. The van der Waals surface area contributed by atoms with E-state index in [0.29, 0.717) is 11.5 Å². The van der Waals surface area contributed by atoms with Crippen molar-refractivity contribution in [3.8, 4) is 0 Å². The molecule has 1 N–H and O–H groups in total. The van der Waals surface area contributed by atoms with Gasteiger partial charge in [0.25, 0.3) is 0 Å². The van der Waals surface area contributed by atoms with Crippen LogP contribution in [0.5, 0.6) is 0 Å². The van der Waals surface area contributed by atoms with Crippen molar-refractivity contribution in [2.75, 3.05) is 7.05 Å². The Labute approximate surface area is 119 Å². The minimum Gasteiger partial charge on any atom is -0.466 e. The second-order valence-corrected chi connectivity index (χ2v) is 6.88. The summed E-state index contributed by atoms with van der Waals surface area (Å²) < 4.78 is 6.82. The van der Waals surface area contributed by atoms with Gasteiger partial charge in [-0.05, 0) is 59.6 Å². The van der Waals surface area contributed by atoms with E-state index in [1.54, 1.807) is 6.26 Å². The molecule has 1 fully saturated rings. The van der Waals surface area contributed by atoms with Crippen molar-refractivity contribution in [2.45, 2.75) is 52.0 Å². The molecule has 0 saturated heterocycles. The largest absolute Gasteiger partial charge is 0.466 e. The Morgan fingerprint density at radius 3 is 2.50 bits per heavy atom. The van der Waals surface area contributed by atoms with Crippen LogP contribution in [0.2, 0.25) is 0 Å². The van der Waals surface area contributed by atoms with Crippen molar-refractivity contribution in [3.63, 3.8) is 0 Å². The monoisotopic (exact) mass is 313 g/mol. The maximum atomic E-state index is 5.73. The predicted molar refractivity (Wildman–Crippen MR) is 78.6 cm³/mol. The molecule has 2 nitrogen and oxygen atoms in total. The molecule has 1 unspecified atom stereocenters. The SMILES string of the molecule is CNC(c1occc1Br)C1(CC(C)C)CCCC1. The molecule has 102 valence electrons. The van der Waals surface area contributed by atoms with E-state index in [1.165, 1.54) is 32.1 Å². The third-order valence-electron chi connectivity index (χ3n) is 4.22. The molecule has 18 heavy (non-hydrogen) atoms. The minimum absolute atomic E-state index is 0.326. The van der Waals surface area contributed by atoms with Crippen LogP contribution in [-0.4, -0.2) is 7.05 Å². The fourth-order valence-electron chi connectivity index (χ4n) is 3.73. The second-order valence-electron chi connectivity index (χ2n) is 6.02. The maximum absolute atomic E-state index is 5.73. The lowest BCUT2D eigenvalue weighted by molar-refractivity contribution is 0.143. The number of furan rings is 1. The van der Waals surface area contributed by atoms with E-state index in [-0.39, 0.29) is 0 Å². The van der Waals surface area contributed by atoms with Crippen molar-refractivity contribution in [2.24, 2.45) is 11.3 Å². The van der Waals surface area contributed by atoms with E-state index in [4.69, 9.17) is 4.42 Å². The molecular formula is C15H24BrNO. The summed E-state index contributed by atoms with van der Waals surface area (Å²) in [6, 6.07) is 2.32. The standard InChI is InChI=1S/C15H24BrNO/c1-11(2)10-15(7-4-5-8-15)14(17-3)13-12(16)6-9-18-13/h6,9,11,14,17H,4-5,7-8,10H2,1-3H3. The van der Waals surface area contributed by atoms with Gasteiger partial charge in [-0.3, -0.25) is 0 Å². The van der Waals surface area contributed by atoms with E-state index in [2.05, 4.69) is 42.1 Å². The topological polar surface area (TPSA) is 25.2 Å². The van der Waals surface area contributed by atoms with E-state index in [1.807, 2.05) is 6.07 Å². The molecule has 1 heterocycles. The molecule has 0 spiro atoms. The van der Waals surface area contributed by atoms with E-state index in [0.717, 1.165) is 16.2 Å². The molecule has 0 radical (unpaired) electrons. The average molecular weight is 314 g/mol. The van der Waals surface area contributed by atoms with Crippen LogP contribution in [0.1, 0.15) is 57.8 Å². The summed E-state index contributed by atoms with van der Waals surface area (Å²) in [5, 5.41) is 3.51. The van der Waals surface area contributed by atoms with Crippen LogP contribution in [0.25, 0.3) is 0 Å². The lowest BCUT2D eigenvalue weighted by Crippen LogP contribution is -2.35. The van der Waals surface area contributed by atoms with Crippen LogP contribution in [0.4, 0.5) is 0 Å². The molecule has 0 amide bonds. The first kappa shape index (κ1) is 14.1. The molecule has 1 atom stereocenters. The summed E-state index contributed by atoms with van der Waals surface area (Å²) in [4.78, 5) is 0. The molecule has 0 bridgehead atoms. The van der Waals surface area contributed by atoms with Gasteiger partial charge in [-0.15, -0.1) is 0 Å². The number of halogens is 1. The van der Waals surface area contributed by atoms with Gasteiger partial charge in [0.05, 0.1) is 16.8 Å². The minimum atomic E-state index is 0.326. The molecule has 0 aliphatic heterocycles. The number of nitrogens with one attached hydrogen (secondary N) is 1. The molecule has 1 saturated carbocycles. The number of rotatable bonds is 5. The van der Waals surface area contributed by atoms with Gasteiger partial charge in [-0.25, -0.2) is 0 Å². The van der Waals surface area contributed by atoms with E-state index in [9.17, 15) is 0 Å². The molecule has 3 heteroatoms. The smallest absolute Gasteiger partial charge is 0.135 e. The first-order valence-corrected chi connectivity index (χ1v) is 7.78. The van der Waals surface area contributed by atoms with Gasteiger partial charge in [0.15, 0.2) is 0 Å². The lowest BCUT2D eigenvalue weighted by atomic mass is 9.72. The third-order valence-corrected chi connectivity index (χ3v) is 4.88. The zero-order chi connectivity index (χ0) is 13.2. The van der Waals surface area contributed by atoms with Gasteiger partial charge in [-0.2, -0.15) is 0 Å². The van der Waals surface area contributed by atoms with Crippen LogP contribution in [0.3, 0.4) is 0 Å². The first-order chi connectivity index (χ1) is 8.59. The fraction of sp³-hybridized carbons (Fsp3) is 0.733. The Bertz CT molecular complexity index is 380. The summed E-state index contributed by atoms with van der Waals surface area (Å²) in [7, 11) is 2.06. The summed E-state index contributed by atoms with van der Waals surface area (Å²) in [5.74, 6) is 1.80. The van der Waals surface area contributed by atoms with E-state index < -0.39 is 0 Å². The summed E-state index contributed by atoms with van der Waals surface area (Å²) in [6.07, 6.45) is 8.37. The van der Waals surface area contributed by atoms with Crippen LogP contribution >= 0.6 is 15.9 Å². The molecule has 2 rings (SSSR count). The van der Waals surface area contributed by atoms with Crippen molar-refractivity contribution < 1.29 is 4.42 Å². The normalized spacial score (nSPS) is 20.5. The van der Waals surface area contributed by atoms with Gasteiger partial charge < -0.3 is 9.73 Å². The Kier molecular flexibility index (Phi) is 4.54. The lowest BCUT2D eigenvalue weighted by Gasteiger charge is -2.38. The highest BCUT2D eigenvalue weighted by Gasteiger charge is 2.43. The van der Waals surface area contributed by atoms with Gasteiger partial charge in [0.2, 0.25) is 0 Å². The van der Waals surface area contributed by atoms with Gasteiger partial charge >= 0.3 is 0 Å². The highest BCUT2D eigenvalue weighted by Crippen LogP contribution is 2.52. The Balaban J connectivity index is 2.31.